The molecular weight excluding hydrogens is 451 g/mol. The molecule has 4 atom stereocenters. The van der Waals surface area contributed by atoms with E-state index < -0.39 is 30.1 Å². The van der Waals surface area contributed by atoms with Crippen LogP contribution in [0.4, 0.5) is 0 Å². The first-order chi connectivity index (χ1) is 15.3. The monoisotopic (exact) mass is 470 g/mol. The molecule has 0 N–H and O–H groups in total. The van der Waals surface area contributed by atoms with E-state index in [2.05, 4.69) is 0 Å². The molecule has 1 heterocycles. The Kier molecular flexibility index (Phi) is 5.30. The van der Waals surface area contributed by atoms with Gasteiger partial charge in [-0.05, 0) is 79.6 Å². The van der Waals surface area contributed by atoms with E-state index in [0.29, 0.717) is 15.6 Å². The van der Waals surface area contributed by atoms with E-state index in [9.17, 15) is 19.2 Å². The number of ketones is 1. The van der Waals surface area contributed by atoms with Crippen LogP contribution in [0.3, 0.4) is 0 Å². The summed E-state index contributed by atoms with van der Waals surface area (Å²) in [5.41, 5.74) is 0.571. The zero-order chi connectivity index (χ0) is 22.6. The Morgan fingerprint density at radius 3 is 1.78 bits per heavy atom. The molecule has 2 aromatic rings. The summed E-state index contributed by atoms with van der Waals surface area (Å²) in [5, 5.41) is 2.86. The maximum absolute atomic E-state index is 13.4. The van der Waals surface area contributed by atoms with Crippen LogP contribution in [0.1, 0.15) is 40.0 Å². The molecule has 32 heavy (non-hydrogen) atoms. The van der Waals surface area contributed by atoms with Crippen LogP contribution >= 0.6 is 23.2 Å². The van der Waals surface area contributed by atoms with E-state index in [0.717, 1.165) is 29.3 Å². The van der Waals surface area contributed by atoms with Crippen molar-refractivity contribution in [3.05, 3.63) is 69.7 Å². The van der Waals surface area contributed by atoms with Crippen LogP contribution in [0.2, 0.25) is 10.0 Å². The summed E-state index contributed by atoms with van der Waals surface area (Å²) >= 11 is 11.9. The van der Waals surface area contributed by atoms with E-state index in [1.165, 1.54) is 12.1 Å². The third-order valence-corrected chi connectivity index (χ3v) is 7.43. The van der Waals surface area contributed by atoms with E-state index in [1.807, 2.05) is 0 Å². The van der Waals surface area contributed by atoms with Crippen LogP contribution in [-0.2, 0) is 9.59 Å². The number of hydrazine groups is 1. The number of benzene rings is 2. The van der Waals surface area contributed by atoms with E-state index in [4.69, 9.17) is 23.2 Å². The van der Waals surface area contributed by atoms with Gasteiger partial charge in [0.1, 0.15) is 6.54 Å². The van der Waals surface area contributed by atoms with Crippen LogP contribution in [-0.4, -0.2) is 40.1 Å². The molecule has 164 valence electrons. The maximum Gasteiger partial charge on any atom is 0.273 e. The minimum absolute atomic E-state index is 0.172. The van der Waals surface area contributed by atoms with Crippen molar-refractivity contribution < 1.29 is 19.2 Å². The zero-order valence-electron chi connectivity index (χ0n) is 17.0. The number of Topliss-reactive ketones (excluding diaryl/α,β-unsaturated/α-hetero) is 1. The number of hydrogen-bond donors (Lipinski definition) is 0. The summed E-state index contributed by atoms with van der Waals surface area (Å²) in [6.45, 7) is -0.435. The number of halogens is 2. The van der Waals surface area contributed by atoms with Crippen molar-refractivity contribution in [3.8, 4) is 0 Å². The summed E-state index contributed by atoms with van der Waals surface area (Å²) in [6.07, 6.45) is 2.73. The molecule has 0 spiro atoms. The number of fused-ring (bicyclic) bond motifs is 5. The normalized spacial score (nSPS) is 25.9. The Labute approximate surface area is 195 Å². The molecule has 0 unspecified atom stereocenters. The molecule has 2 saturated carbocycles. The van der Waals surface area contributed by atoms with Gasteiger partial charge in [0.2, 0.25) is 0 Å². The molecule has 0 radical (unpaired) electrons. The topological polar surface area (TPSA) is 74.8 Å². The molecule has 3 aliphatic rings. The Morgan fingerprint density at radius 2 is 1.28 bits per heavy atom. The molecule has 2 bridgehead atoms. The predicted molar refractivity (Wildman–Crippen MR) is 118 cm³/mol. The summed E-state index contributed by atoms with van der Waals surface area (Å²) in [7, 11) is 0. The number of amides is 3. The quantitative estimate of drug-likeness (QED) is 0.483. The third kappa shape index (κ3) is 3.42. The number of carbonyl (C=O) groups excluding carboxylic acids is 4. The summed E-state index contributed by atoms with van der Waals surface area (Å²) in [4.78, 5) is 53.1. The van der Waals surface area contributed by atoms with Gasteiger partial charge in [0.25, 0.3) is 17.7 Å². The van der Waals surface area contributed by atoms with Crippen molar-refractivity contribution in [3.63, 3.8) is 0 Å². The number of nitrogens with zero attached hydrogens (tertiary/aromatic N) is 2. The van der Waals surface area contributed by atoms with Gasteiger partial charge in [-0.3, -0.25) is 19.2 Å². The van der Waals surface area contributed by atoms with Gasteiger partial charge in [-0.2, -0.15) is 5.01 Å². The highest BCUT2D eigenvalue weighted by Crippen LogP contribution is 2.56. The molecule has 3 fully saturated rings. The number of imide groups is 1. The van der Waals surface area contributed by atoms with Gasteiger partial charge in [-0.15, -0.1) is 0 Å². The number of hydrogen-bond acceptors (Lipinski definition) is 4. The fourth-order valence-corrected chi connectivity index (χ4v) is 5.72. The first-order valence-electron chi connectivity index (χ1n) is 10.6. The first kappa shape index (κ1) is 21.2. The molecule has 6 nitrogen and oxygen atoms in total. The van der Waals surface area contributed by atoms with Crippen molar-refractivity contribution in [2.24, 2.45) is 23.7 Å². The van der Waals surface area contributed by atoms with Gasteiger partial charge in [0.05, 0.1) is 11.8 Å². The Bertz CT molecular complexity index is 1090. The average molecular weight is 471 g/mol. The molecule has 1 aliphatic heterocycles. The second-order valence-corrected chi connectivity index (χ2v) is 9.55. The molecule has 0 aromatic heterocycles. The molecule has 1 saturated heterocycles. The third-order valence-electron chi connectivity index (χ3n) is 6.93. The molecule has 8 heteroatoms. The van der Waals surface area contributed by atoms with Crippen LogP contribution in [0, 0.1) is 23.7 Å². The summed E-state index contributed by atoms with van der Waals surface area (Å²) in [6, 6.07) is 12.4. The lowest BCUT2D eigenvalue weighted by Gasteiger charge is -2.30. The number of carbonyl (C=O) groups is 4. The smallest absolute Gasteiger partial charge is 0.273 e. The first-order valence-corrected chi connectivity index (χ1v) is 11.3. The van der Waals surface area contributed by atoms with Crippen LogP contribution in [0.15, 0.2) is 48.5 Å². The Hall–Kier alpha value is -2.70. The highest BCUT2D eigenvalue weighted by molar-refractivity contribution is 6.31. The van der Waals surface area contributed by atoms with Crippen molar-refractivity contribution in [2.75, 3.05) is 6.54 Å². The van der Waals surface area contributed by atoms with E-state index in [-0.39, 0.29) is 29.2 Å². The zero-order valence-corrected chi connectivity index (χ0v) is 18.6. The van der Waals surface area contributed by atoms with Gasteiger partial charge >= 0.3 is 0 Å². The molecule has 5 rings (SSSR count). The molecule has 2 aliphatic carbocycles. The Balaban J connectivity index is 1.49. The van der Waals surface area contributed by atoms with Crippen LogP contribution < -0.4 is 0 Å². The standard InChI is InChI=1S/C24H20Cl2N2O4/c25-17-7-3-13(4-8-17)19(29)12-27(22(30)14-5-9-18(26)10-6-14)28-23(31)20-15-1-2-16(11-15)21(20)24(28)32/h3-10,15-16,20-21H,1-2,11-12H2/t15-,16-,20-,21+/m0/s1. The lowest BCUT2D eigenvalue weighted by molar-refractivity contribution is -0.154. The lowest BCUT2D eigenvalue weighted by atomic mass is 9.81. The fourth-order valence-electron chi connectivity index (χ4n) is 5.47. The molecule has 2 aromatic carbocycles. The van der Waals surface area contributed by atoms with Gasteiger partial charge in [0.15, 0.2) is 5.78 Å². The maximum atomic E-state index is 13.4. The van der Waals surface area contributed by atoms with Gasteiger partial charge in [-0.1, -0.05) is 23.2 Å². The summed E-state index contributed by atoms with van der Waals surface area (Å²) < 4.78 is 0. The predicted octanol–water partition coefficient (Wildman–Crippen LogP) is 4.26. The second-order valence-electron chi connectivity index (χ2n) is 8.67. The average Bonchev–Trinajstić information content (AvgIpc) is 3.47. The molecular formula is C24H20Cl2N2O4. The van der Waals surface area contributed by atoms with Crippen molar-refractivity contribution in [1.29, 1.82) is 0 Å². The molecule has 3 amide bonds. The van der Waals surface area contributed by atoms with Crippen molar-refractivity contribution in [1.82, 2.24) is 10.0 Å². The van der Waals surface area contributed by atoms with Crippen LogP contribution in [0.25, 0.3) is 0 Å². The largest absolute Gasteiger partial charge is 0.292 e. The Morgan fingerprint density at radius 1 is 0.812 bits per heavy atom. The summed E-state index contributed by atoms with van der Waals surface area (Å²) in [5.74, 6) is -2.20. The highest BCUT2D eigenvalue weighted by Gasteiger charge is 2.62. The van der Waals surface area contributed by atoms with Crippen molar-refractivity contribution >= 4 is 46.7 Å². The van der Waals surface area contributed by atoms with Crippen molar-refractivity contribution in [2.45, 2.75) is 19.3 Å². The minimum Gasteiger partial charge on any atom is -0.292 e. The SMILES string of the molecule is O=C(CN(C(=O)c1ccc(Cl)cc1)N1C(=O)[C@@H]2[C@H]3CC[C@@H](C3)[C@@H]2C1=O)c1ccc(Cl)cc1. The van der Waals surface area contributed by atoms with Gasteiger partial charge < -0.3 is 0 Å². The lowest BCUT2D eigenvalue weighted by Crippen LogP contribution is -2.52. The van der Waals surface area contributed by atoms with Gasteiger partial charge in [-0.25, -0.2) is 5.01 Å². The van der Waals surface area contributed by atoms with Gasteiger partial charge in [0, 0.05) is 21.2 Å². The van der Waals surface area contributed by atoms with Crippen LogP contribution in [0.5, 0.6) is 0 Å². The number of rotatable bonds is 5. The fraction of sp³-hybridized carbons (Fsp3) is 0.333. The van der Waals surface area contributed by atoms with E-state index >= 15 is 0 Å². The van der Waals surface area contributed by atoms with E-state index in [1.54, 1.807) is 36.4 Å². The second kappa shape index (κ2) is 8.01. The highest BCUT2D eigenvalue weighted by atomic mass is 35.5. The minimum atomic E-state index is -0.599.